The lowest BCUT2D eigenvalue weighted by molar-refractivity contribution is -0.155. The molecule has 1 heterocycles. The van der Waals surface area contributed by atoms with E-state index in [1.165, 1.54) is 25.9 Å². The van der Waals surface area contributed by atoms with Crippen molar-refractivity contribution >= 4 is 18.0 Å². The number of methoxy groups -OCH3 is 1. The first-order valence-corrected chi connectivity index (χ1v) is 5.72. The molecule has 1 aliphatic heterocycles. The second-order valence-corrected chi connectivity index (χ2v) is 4.53. The van der Waals surface area contributed by atoms with Crippen LogP contribution in [0.3, 0.4) is 0 Å². The van der Waals surface area contributed by atoms with Gasteiger partial charge in [0.25, 0.3) is 0 Å². The minimum absolute atomic E-state index is 0.384. The van der Waals surface area contributed by atoms with Gasteiger partial charge in [0.05, 0.1) is 7.11 Å². The topological polar surface area (TPSA) is 95.9 Å². The highest BCUT2D eigenvalue weighted by Gasteiger charge is 2.46. The molecule has 1 saturated heterocycles. The molecule has 18 heavy (non-hydrogen) atoms. The number of amides is 2. The molecule has 2 unspecified atom stereocenters. The van der Waals surface area contributed by atoms with Crippen molar-refractivity contribution in [2.75, 3.05) is 13.7 Å². The number of carboxylic acids is 1. The van der Waals surface area contributed by atoms with E-state index in [-0.39, 0.29) is 0 Å². The Balaban J connectivity index is 2.77. The summed E-state index contributed by atoms with van der Waals surface area (Å²) in [5.41, 5.74) is -1.19. The number of carbonyl (C=O) groups is 3. The summed E-state index contributed by atoms with van der Waals surface area (Å²) < 4.78 is 4.40. The number of aliphatic carboxylic acids is 1. The third-order valence-electron chi connectivity index (χ3n) is 3.26. The molecule has 0 radical (unpaired) electrons. The van der Waals surface area contributed by atoms with Gasteiger partial charge in [0, 0.05) is 6.54 Å². The summed E-state index contributed by atoms with van der Waals surface area (Å²) in [6, 6.07) is -0.811. The molecule has 0 aromatic rings. The van der Waals surface area contributed by atoms with Gasteiger partial charge in [-0.05, 0) is 26.7 Å². The van der Waals surface area contributed by atoms with Crippen LogP contribution in [0.25, 0.3) is 0 Å². The molecule has 0 aromatic carbocycles. The van der Waals surface area contributed by atoms with Crippen LogP contribution in [0.5, 0.6) is 0 Å². The summed E-state index contributed by atoms with van der Waals surface area (Å²) in [6.45, 7) is 3.40. The quantitative estimate of drug-likeness (QED) is 0.753. The van der Waals surface area contributed by atoms with Gasteiger partial charge in [0.2, 0.25) is 5.91 Å². The second kappa shape index (κ2) is 5.24. The minimum Gasteiger partial charge on any atom is -0.480 e. The fourth-order valence-corrected chi connectivity index (χ4v) is 2.07. The molecule has 102 valence electrons. The normalized spacial score (nSPS) is 24.5. The Morgan fingerprint density at radius 2 is 2.06 bits per heavy atom. The standard InChI is InChI=1S/C11H18N2O5/c1-7(12-10(17)18-3)8(14)13-6-4-5-11(13,2)9(15)16/h7H,4-6H2,1-3H3,(H,12,17)(H,15,16). The zero-order valence-corrected chi connectivity index (χ0v) is 10.7. The molecule has 0 bridgehead atoms. The van der Waals surface area contributed by atoms with E-state index in [2.05, 4.69) is 10.1 Å². The van der Waals surface area contributed by atoms with Gasteiger partial charge in [-0.2, -0.15) is 0 Å². The van der Waals surface area contributed by atoms with Crippen LogP contribution in [-0.4, -0.2) is 53.2 Å². The molecule has 0 aromatic heterocycles. The number of likely N-dealkylation sites (tertiary alicyclic amines) is 1. The molecule has 1 aliphatic rings. The van der Waals surface area contributed by atoms with Crippen molar-refractivity contribution in [2.24, 2.45) is 0 Å². The Kier molecular flexibility index (Phi) is 4.15. The van der Waals surface area contributed by atoms with Gasteiger partial charge in [-0.1, -0.05) is 0 Å². The number of carboxylic acid groups (broad SMARTS) is 1. The summed E-state index contributed by atoms with van der Waals surface area (Å²) in [5.74, 6) is -1.44. The molecule has 0 spiro atoms. The van der Waals surface area contributed by atoms with Crippen LogP contribution in [0.1, 0.15) is 26.7 Å². The Morgan fingerprint density at radius 3 is 2.56 bits per heavy atom. The summed E-state index contributed by atoms with van der Waals surface area (Å²) in [6.07, 6.45) is 0.338. The molecule has 0 aliphatic carbocycles. The summed E-state index contributed by atoms with van der Waals surface area (Å²) in [7, 11) is 1.20. The molecule has 2 atom stereocenters. The van der Waals surface area contributed by atoms with Crippen molar-refractivity contribution in [3.63, 3.8) is 0 Å². The summed E-state index contributed by atoms with van der Waals surface area (Å²) in [4.78, 5) is 35.7. The van der Waals surface area contributed by atoms with E-state index in [1.807, 2.05) is 0 Å². The van der Waals surface area contributed by atoms with Crippen molar-refractivity contribution in [3.8, 4) is 0 Å². The third kappa shape index (κ3) is 2.55. The highest BCUT2D eigenvalue weighted by Crippen LogP contribution is 2.29. The van der Waals surface area contributed by atoms with Gasteiger partial charge >= 0.3 is 12.1 Å². The highest BCUT2D eigenvalue weighted by molar-refractivity contribution is 5.91. The first-order chi connectivity index (χ1) is 8.32. The first-order valence-electron chi connectivity index (χ1n) is 5.72. The maximum Gasteiger partial charge on any atom is 0.407 e. The predicted octanol–water partition coefficient (Wildman–Crippen LogP) is 0.197. The zero-order chi connectivity index (χ0) is 13.9. The van der Waals surface area contributed by atoms with Crippen LogP contribution in [0, 0.1) is 0 Å². The lowest BCUT2D eigenvalue weighted by Gasteiger charge is -2.33. The number of carbonyl (C=O) groups excluding carboxylic acids is 2. The molecule has 1 rings (SSSR count). The van der Waals surface area contributed by atoms with E-state index >= 15 is 0 Å². The average Bonchev–Trinajstić information content (AvgIpc) is 2.71. The predicted molar refractivity (Wildman–Crippen MR) is 62.0 cm³/mol. The monoisotopic (exact) mass is 258 g/mol. The van der Waals surface area contributed by atoms with Gasteiger partial charge in [-0.25, -0.2) is 9.59 Å². The summed E-state index contributed by atoms with van der Waals surface area (Å²) in [5, 5.41) is 11.5. The van der Waals surface area contributed by atoms with Crippen LogP contribution in [-0.2, 0) is 14.3 Å². The maximum atomic E-state index is 12.1. The first kappa shape index (κ1) is 14.3. The smallest absolute Gasteiger partial charge is 0.407 e. The van der Waals surface area contributed by atoms with E-state index in [9.17, 15) is 19.5 Å². The average molecular weight is 258 g/mol. The fourth-order valence-electron chi connectivity index (χ4n) is 2.07. The van der Waals surface area contributed by atoms with Crippen molar-refractivity contribution in [3.05, 3.63) is 0 Å². The Morgan fingerprint density at radius 1 is 1.44 bits per heavy atom. The second-order valence-electron chi connectivity index (χ2n) is 4.53. The number of hydrogen-bond donors (Lipinski definition) is 2. The van der Waals surface area contributed by atoms with Crippen molar-refractivity contribution in [2.45, 2.75) is 38.3 Å². The van der Waals surface area contributed by atoms with Gasteiger partial charge < -0.3 is 20.1 Å². The van der Waals surface area contributed by atoms with Crippen LogP contribution in [0.15, 0.2) is 0 Å². The number of nitrogens with one attached hydrogen (secondary N) is 1. The largest absolute Gasteiger partial charge is 0.480 e. The van der Waals surface area contributed by atoms with E-state index in [0.29, 0.717) is 19.4 Å². The Labute approximate surface area is 105 Å². The van der Waals surface area contributed by atoms with E-state index in [1.54, 1.807) is 0 Å². The van der Waals surface area contributed by atoms with E-state index in [0.717, 1.165) is 0 Å². The lowest BCUT2D eigenvalue weighted by atomic mass is 9.99. The maximum absolute atomic E-state index is 12.1. The minimum atomic E-state index is -1.19. The van der Waals surface area contributed by atoms with Crippen LogP contribution < -0.4 is 5.32 Å². The van der Waals surface area contributed by atoms with Crippen molar-refractivity contribution < 1.29 is 24.2 Å². The van der Waals surface area contributed by atoms with Crippen LogP contribution in [0.4, 0.5) is 4.79 Å². The SMILES string of the molecule is COC(=O)NC(C)C(=O)N1CCCC1(C)C(=O)O. The number of alkyl carbamates (subject to hydrolysis) is 1. The molecule has 7 nitrogen and oxygen atoms in total. The molecule has 7 heteroatoms. The van der Waals surface area contributed by atoms with Crippen LogP contribution >= 0.6 is 0 Å². The fraction of sp³-hybridized carbons (Fsp3) is 0.727. The van der Waals surface area contributed by atoms with E-state index < -0.39 is 29.6 Å². The van der Waals surface area contributed by atoms with Crippen molar-refractivity contribution in [1.82, 2.24) is 10.2 Å². The third-order valence-corrected chi connectivity index (χ3v) is 3.26. The highest BCUT2D eigenvalue weighted by atomic mass is 16.5. The number of nitrogens with zero attached hydrogens (tertiary/aromatic N) is 1. The zero-order valence-electron chi connectivity index (χ0n) is 10.7. The molecular formula is C11H18N2O5. The lowest BCUT2D eigenvalue weighted by Crippen LogP contribution is -2.56. The van der Waals surface area contributed by atoms with Gasteiger partial charge in [0.1, 0.15) is 11.6 Å². The van der Waals surface area contributed by atoms with E-state index in [4.69, 9.17) is 0 Å². The number of rotatable bonds is 3. The molecule has 1 fully saturated rings. The van der Waals surface area contributed by atoms with Gasteiger partial charge in [-0.3, -0.25) is 4.79 Å². The number of hydrogen-bond acceptors (Lipinski definition) is 4. The molecule has 0 saturated carbocycles. The Hall–Kier alpha value is -1.79. The molecule has 2 N–H and O–H groups in total. The molecule has 2 amide bonds. The summed E-state index contributed by atoms with van der Waals surface area (Å²) >= 11 is 0. The van der Waals surface area contributed by atoms with Gasteiger partial charge in [-0.15, -0.1) is 0 Å². The Bertz CT molecular complexity index is 370. The molecular weight excluding hydrogens is 240 g/mol. The van der Waals surface area contributed by atoms with Crippen molar-refractivity contribution in [1.29, 1.82) is 0 Å². The van der Waals surface area contributed by atoms with Crippen LogP contribution in [0.2, 0.25) is 0 Å². The van der Waals surface area contributed by atoms with Gasteiger partial charge in [0.15, 0.2) is 0 Å². The number of ether oxygens (including phenoxy) is 1.